The Kier molecular flexibility index (Phi) is 5.14. The van der Waals surface area contributed by atoms with E-state index in [-0.39, 0.29) is 0 Å². The van der Waals surface area contributed by atoms with Gasteiger partial charge in [-0.25, -0.2) is 4.98 Å². The second-order valence-electron chi connectivity index (χ2n) is 6.37. The first-order chi connectivity index (χ1) is 10.8. The maximum atomic E-state index is 6.05. The summed E-state index contributed by atoms with van der Waals surface area (Å²) < 4.78 is 6.05. The number of rotatable bonds is 4. The molecule has 0 radical (unpaired) electrons. The second kappa shape index (κ2) is 7.47. The highest BCUT2D eigenvalue weighted by Crippen LogP contribution is 2.26. The fraction of sp³-hybridized carbons (Fsp3) is 0.647. The standard InChI is InChI=1S/C17H26N4O/c1-13-3-5-15(6-4-13)22-16-11-14(7-10-18-16)12-21-17-19-8-2-9-20-17/h7,10-11,13,15H,2-6,8-9,12H2,1H3,(H2,19,20,21). The molecule has 22 heavy (non-hydrogen) atoms. The molecule has 1 aliphatic heterocycles. The van der Waals surface area contributed by atoms with E-state index in [4.69, 9.17) is 4.74 Å². The van der Waals surface area contributed by atoms with E-state index in [1.807, 2.05) is 18.3 Å². The van der Waals surface area contributed by atoms with E-state index in [0.717, 1.165) is 56.7 Å². The van der Waals surface area contributed by atoms with E-state index in [9.17, 15) is 0 Å². The van der Waals surface area contributed by atoms with Gasteiger partial charge >= 0.3 is 0 Å². The van der Waals surface area contributed by atoms with Gasteiger partial charge in [-0.2, -0.15) is 0 Å². The summed E-state index contributed by atoms with van der Waals surface area (Å²) >= 11 is 0. The first kappa shape index (κ1) is 15.1. The van der Waals surface area contributed by atoms with Gasteiger partial charge in [0.05, 0.1) is 0 Å². The number of hydrogen-bond donors (Lipinski definition) is 2. The number of guanidine groups is 1. The Morgan fingerprint density at radius 2 is 2.18 bits per heavy atom. The molecule has 1 aliphatic carbocycles. The van der Waals surface area contributed by atoms with Crippen LogP contribution in [-0.2, 0) is 6.54 Å². The molecule has 0 saturated heterocycles. The minimum atomic E-state index is 0.330. The molecule has 3 rings (SSSR count). The van der Waals surface area contributed by atoms with Crippen LogP contribution in [0.4, 0.5) is 0 Å². The summed E-state index contributed by atoms with van der Waals surface area (Å²) in [5, 5.41) is 6.60. The number of ether oxygens (including phenoxy) is 1. The van der Waals surface area contributed by atoms with Crippen LogP contribution in [0, 0.1) is 5.92 Å². The van der Waals surface area contributed by atoms with Crippen molar-refractivity contribution in [3.05, 3.63) is 23.9 Å². The molecule has 1 aromatic rings. The number of nitrogens with zero attached hydrogens (tertiary/aromatic N) is 2. The number of hydrogen-bond acceptors (Lipinski definition) is 5. The first-order valence-corrected chi connectivity index (χ1v) is 8.43. The number of aromatic nitrogens is 1. The highest BCUT2D eigenvalue weighted by molar-refractivity contribution is 5.80. The molecule has 0 unspecified atom stereocenters. The van der Waals surface area contributed by atoms with Crippen LogP contribution in [0.1, 0.15) is 44.6 Å². The third kappa shape index (κ3) is 4.36. The Morgan fingerprint density at radius 3 is 2.95 bits per heavy atom. The fourth-order valence-electron chi connectivity index (χ4n) is 2.98. The van der Waals surface area contributed by atoms with Crippen LogP contribution in [0.2, 0.25) is 0 Å². The van der Waals surface area contributed by atoms with Gasteiger partial charge in [-0.15, -0.1) is 0 Å². The average Bonchev–Trinajstić information content (AvgIpc) is 2.57. The highest BCUT2D eigenvalue weighted by Gasteiger charge is 2.19. The largest absolute Gasteiger partial charge is 0.474 e. The van der Waals surface area contributed by atoms with E-state index >= 15 is 0 Å². The van der Waals surface area contributed by atoms with Gasteiger partial charge in [-0.3, -0.25) is 4.99 Å². The van der Waals surface area contributed by atoms with E-state index in [1.165, 1.54) is 18.4 Å². The lowest BCUT2D eigenvalue weighted by Crippen LogP contribution is -2.40. The van der Waals surface area contributed by atoms with Crippen molar-refractivity contribution in [2.75, 3.05) is 13.1 Å². The summed E-state index contributed by atoms with van der Waals surface area (Å²) in [6.07, 6.45) is 8.08. The molecule has 1 fully saturated rings. The van der Waals surface area contributed by atoms with Crippen molar-refractivity contribution in [2.24, 2.45) is 10.9 Å². The molecule has 0 bridgehead atoms. The zero-order chi connectivity index (χ0) is 15.2. The Hall–Kier alpha value is -1.78. The van der Waals surface area contributed by atoms with Gasteiger partial charge < -0.3 is 15.4 Å². The van der Waals surface area contributed by atoms with Gasteiger partial charge in [-0.1, -0.05) is 6.92 Å². The predicted molar refractivity (Wildman–Crippen MR) is 88.0 cm³/mol. The van der Waals surface area contributed by atoms with E-state index in [1.54, 1.807) is 0 Å². The maximum absolute atomic E-state index is 6.05. The molecule has 5 nitrogen and oxygen atoms in total. The second-order valence-corrected chi connectivity index (χ2v) is 6.37. The van der Waals surface area contributed by atoms with Crippen molar-refractivity contribution in [3.8, 4) is 5.88 Å². The lowest BCUT2D eigenvalue weighted by Gasteiger charge is -2.26. The average molecular weight is 302 g/mol. The molecule has 0 atom stereocenters. The van der Waals surface area contributed by atoms with Crippen molar-refractivity contribution in [1.82, 2.24) is 15.6 Å². The van der Waals surface area contributed by atoms with Crippen LogP contribution in [-0.4, -0.2) is 30.1 Å². The van der Waals surface area contributed by atoms with Gasteiger partial charge in [0.2, 0.25) is 5.88 Å². The molecule has 2 heterocycles. The maximum Gasteiger partial charge on any atom is 0.213 e. The minimum absolute atomic E-state index is 0.330. The molecular formula is C17H26N4O. The van der Waals surface area contributed by atoms with Gasteiger partial charge in [-0.05, 0) is 49.7 Å². The number of pyridine rings is 1. The van der Waals surface area contributed by atoms with Crippen LogP contribution in [0.25, 0.3) is 0 Å². The van der Waals surface area contributed by atoms with E-state index < -0.39 is 0 Å². The van der Waals surface area contributed by atoms with Gasteiger partial charge in [0.1, 0.15) is 6.10 Å². The van der Waals surface area contributed by atoms with Crippen molar-refractivity contribution >= 4 is 5.96 Å². The molecular weight excluding hydrogens is 276 g/mol. The lowest BCUT2D eigenvalue weighted by atomic mass is 9.89. The number of aliphatic imine (C=N–C) groups is 1. The van der Waals surface area contributed by atoms with Crippen LogP contribution in [0.5, 0.6) is 5.88 Å². The van der Waals surface area contributed by atoms with Gasteiger partial charge in [0.25, 0.3) is 0 Å². The smallest absolute Gasteiger partial charge is 0.213 e. The molecule has 0 spiro atoms. The predicted octanol–water partition coefficient (Wildman–Crippen LogP) is 2.48. The molecule has 1 saturated carbocycles. The van der Waals surface area contributed by atoms with Gasteiger partial charge in [0.15, 0.2) is 5.96 Å². The third-order valence-corrected chi connectivity index (χ3v) is 4.41. The summed E-state index contributed by atoms with van der Waals surface area (Å²) in [6, 6.07) is 4.06. The van der Waals surface area contributed by atoms with Gasteiger partial charge in [0, 0.05) is 31.9 Å². The van der Waals surface area contributed by atoms with Crippen LogP contribution in [0.3, 0.4) is 0 Å². The summed E-state index contributed by atoms with van der Waals surface area (Å²) in [4.78, 5) is 8.77. The summed E-state index contributed by atoms with van der Waals surface area (Å²) in [5.41, 5.74) is 1.17. The quantitative estimate of drug-likeness (QED) is 0.897. The monoisotopic (exact) mass is 302 g/mol. The molecule has 0 aromatic carbocycles. The van der Waals surface area contributed by atoms with Crippen molar-refractivity contribution in [2.45, 2.75) is 51.7 Å². The zero-order valence-corrected chi connectivity index (χ0v) is 13.3. The van der Waals surface area contributed by atoms with Crippen LogP contribution in [0.15, 0.2) is 23.3 Å². The lowest BCUT2D eigenvalue weighted by molar-refractivity contribution is 0.130. The van der Waals surface area contributed by atoms with Crippen LogP contribution >= 0.6 is 0 Å². The summed E-state index contributed by atoms with van der Waals surface area (Å²) in [7, 11) is 0. The van der Waals surface area contributed by atoms with E-state index in [2.05, 4.69) is 27.5 Å². The van der Waals surface area contributed by atoms with Crippen molar-refractivity contribution in [1.29, 1.82) is 0 Å². The molecule has 2 aliphatic rings. The summed E-state index contributed by atoms with van der Waals surface area (Å²) in [6.45, 7) is 4.96. The normalized spacial score (nSPS) is 25.0. The Balaban J connectivity index is 1.52. The van der Waals surface area contributed by atoms with E-state index in [0.29, 0.717) is 6.10 Å². The minimum Gasteiger partial charge on any atom is -0.474 e. The third-order valence-electron chi connectivity index (χ3n) is 4.41. The first-order valence-electron chi connectivity index (χ1n) is 8.43. The zero-order valence-electron chi connectivity index (χ0n) is 13.3. The Morgan fingerprint density at radius 1 is 1.32 bits per heavy atom. The number of nitrogens with one attached hydrogen (secondary N) is 2. The molecule has 1 aromatic heterocycles. The molecule has 2 N–H and O–H groups in total. The molecule has 0 amide bonds. The summed E-state index contributed by atoms with van der Waals surface area (Å²) in [5.74, 6) is 2.48. The van der Waals surface area contributed by atoms with Crippen LogP contribution < -0.4 is 15.4 Å². The fourth-order valence-corrected chi connectivity index (χ4v) is 2.98. The molecule has 120 valence electrons. The van der Waals surface area contributed by atoms with Crippen molar-refractivity contribution in [3.63, 3.8) is 0 Å². The molecule has 5 heteroatoms. The topological polar surface area (TPSA) is 58.5 Å². The Labute approximate surface area is 132 Å². The SMILES string of the molecule is CC1CCC(Oc2cc(CNC3=NCCCN3)ccn2)CC1. The highest BCUT2D eigenvalue weighted by atomic mass is 16.5. The Bertz CT molecular complexity index is 509. The van der Waals surface area contributed by atoms with Crippen molar-refractivity contribution < 1.29 is 4.74 Å².